The lowest BCUT2D eigenvalue weighted by molar-refractivity contribution is 0.172. The summed E-state index contributed by atoms with van der Waals surface area (Å²) in [4.78, 5) is 27.6. The van der Waals surface area contributed by atoms with Crippen molar-refractivity contribution in [2.45, 2.75) is 46.1 Å². The highest BCUT2D eigenvalue weighted by Gasteiger charge is 2.27. The maximum absolute atomic E-state index is 5.99. The van der Waals surface area contributed by atoms with E-state index in [4.69, 9.17) is 101 Å². The molecule has 8 aliphatic heterocycles. The standard InChI is InChI=1S/C23H16N4O2.C20H23N3O2S.C16H23N3O2S.C16H21N3O2S.C14H19N3O2S/c1-28-17-8-6-15(7-9-17)21-14-19(18-4-2-3-5-20(18)25-21)23-27-26-22(29-23)16-10-12-24-13-11-16;26-20(21-13-16-4-2-1-3-5-16)23-10-8-22(9-11-23)14-17-6-7-18-19(12-17)25-15-24-18;2*1-2-5-17-16(22)19-8-6-18(7-9-19)11-13-3-4-14-15(10-13)21-12-20-14;1-15-14(20)17-6-4-16(5-7-17)9-11-2-3-12-13(8-11)19-10-18-12/h2-14H,1H3;1-7,12H,8-11,13-15H2,(H,21,26);3-4,10H,2,5-9,11-12H2,1H3,(H,17,22);2-4,10H,1,5-9,11-12H2,(H,17,22);2-3,8H,4-7,9-10H2,1H3,(H,15,20). The second-order valence-electron chi connectivity index (χ2n) is 29.2. The summed E-state index contributed by atoms with van der Waals surface area (Å²) in [6, 6.07) is 56.5. The molecule has 4 N–H and O–H groups in total. The van der Waals surface area contributed by atoms with E-state index in [-0.39, 0.29) is 0 Å². The van der Waals surface area contributed by atoms with E-state index in [1.165, 1.54) is 27.8 Å². The highest BCUT2D eigenvalue weighted by atomic mass is 32.1. The predicted molar refractivity (Wildman–Crippen MR) is 477 cm³/mol. The van der Waals surface area contributed by atoms with Crippen LogP contribution in [0, 0.1) is 0 Å². The lowest BCUT2D eigenvalue weighted by Crippen LogP contribution is -2.51. The molecule has 18 rings (SSSR count). The third-order valence-electron chi connectivity index (χ3n) is 21.1. The van der Waals surface area contributed by atoms with E-state index in [0.29, 0.717) is 39.0 Å². The molecule has 26 nitrogen and oxygen atoms in total. The summed E-state index contributed by atoms with van der Waals surface area (Å²) in [6.45, 7) is 29.2. The molecule has 0 radical (unpaired) electrons. The fourth-order valence-corrected chi connectivity index (χ4v) is 15.5. The van der Waals surface area contributed by atoms with Gasteiger partial charge in [0, 0.05) is 186 Å². The number of nitrogens with zero attached hydrogens (tertiary/aromatic N) is 12. The summed E-state index contributed by atoms with van der Waals surface area (Å²) in [6.07, 6.45) is 6.32. The summed E-state index contributed by atoms with van der Waals surface area (Å²) >= 11 is 21.6. The van der Waals surface area contributed by atoms with Crippen molar-refractivity contribution in [1.29, 1.82) is 0 Å². The molecule has 0 atom stereocenters. The summed E-state index contributed by atoms with van der Waals surface area (Å²) in [5.74, 6) is 8.50. The van der Waals surface area contributed by atoms with Crippen LogP contribution in [-0.2, 0) is 32.7 Å². The predicted octanol–water partition coefficient (Wildman–Crippen LogP) is 12.1. The van der Waals surface area contributed by atoms with Crippen LogP contribution < -0.4 is 63.9 Å². The minimum atomic E-state index is 0.324. The number of fused-ring (bicyclic) bond motifs is 5. The minimum Gasteiger partial charge on any atom is -0.497 e. The summed E-state index contributed by atoms with van der Waals surface area (Å²) in [5, 5.41) is 25.8. The number of pyridine rings is 2. The van der Waals surface area contributed by atoms with Gasteiger partial charge in [0.15, 0.2) is 66.4 Å². The SMILES string of the molecule is C=CCNC(=S)N1CCN(Cc2ccc3c(c2)OCO3)CC1.CCCNC(=S)N1CCN(Cc2ccc3c(c2)OCO3)CC1.CNC(=S)N1CCN(Cc2ccc3c(c2)OCO3)CC1.COc1ccc(-c2cc(-c3nnc(-c4ccncc4)o3)c3ccccc3n2)cc1.S=C(NCc1ccccc1)N1CCN(Cc2ccc3c(c2)OCO3)CC1. The van der Waals surface area contributed by atoms with Crippen LogP contribution in [-0.4, -0.2) is 239 Å². The lowest BCUT2D eigenvalue weighted by atomic mass is 10.0. The average Bonchev–Trinajstić information content (AvgIpc) is 1.77. The topological polar surface area (TPSA) is 222 Å². The zero-order valence-electron chi connectivity index (χ0n) is 67.5. The number of ether oxygens (including phenoxy) is 9. The maximum atomic E-state index is 5.99. The Bertz CT molecular complexity index is 5030. The van der Waals surface area contributed by atoms with Gasteiger partial charge < -0.3 is 87.9 Å². The van der Waals surface area contributed by atoms with Crippen molar-refractivity contribution in [2.75, 3.05) is 159 Å². The van der Waals surface area contributed by atoms with E-state index in [1.54, 1.807) is 19.5 Å². The molecule has 119 heavy (non-hydrogen) atoms. The van der Waals surface area contributed by atoms with Gasteiger partial charge in [0.25, 0.3) is 0 Å². The Morgan fingerprint density at radius 2 is 0.840 bits per heavy atom. The normalized spacial score (nSPS) is 15.8. The van der Waals surface area contributed by atoms with Crippen molar-refractivity contribution < 1.29 is 47.0 Å². The number of methoxy groups -OCH3 is 1. The van der Waals surface area contributed by atoms with Crippen molar-refractivity contribution in [3.8, 4) is 85.9 Å². The monoisotopic (exact) mass is 1680 g/mol. The highest BCUT2D eigenvalue weighted by Crippen LogP contribution is 2.38. The third kappa shape index (κ3) is 23.4. The molecule has 0 amide bonds. The third-order valence-corrected chi connectivity index (χ3v) is 22.8. The Hall–Kier alpha value is -11.2. The van der Waals surface area contributed by atoms with Gasteiger partial charge in [0.1, 0.15) is 5.75 Å². The van der Waals surface area contributed by atoms with Crippen molar-refractivity contribution in [3.05, 3.63) is 223 Å². The summed E-state index contributed by atoms with van der Waals surface area (Å²) in [7, 11) is 3.53. The Balaban J connectivity index is 0.000000123. The van der Waals surface area contributed by atoms with Crippen LogP contribution in [0.3, 0.4) is 0 Å². The zero-order valence-corrected chi connectivity index (χ0v) is 70.8. The minimum absolute atomic E-state index is 0.324. The molecule has 10 aromatic rings. The Kier molecular flexibility index (Phi) is 30.0. The van der Waals surface area contributed by atoms with E-state index < -0.39 is 0 Å². The van der Waals surface area contributed by atoms with E-state index in [2.05, 4.69) is 162 Å². The molecule has 0 saturated carbocycles. The van der Waals surface area contributed by atoms with E-state index >= 15 is 0 Å². The van der Waals surface area contributed by atoms with Crippen LogP contribution in [0.15, 0.2) is 199 Å². The van der Waals surface area contributed by atoms with E-state index in [1.807, 2.05) is 110 Å². The summed E-state index contributed by atoms with van der Waals surface area (Å²) in [5.41, 5.74) is 10.6. The molecule has 7 aromatic carbocycles. The maximum Gasteiger partial charge on any atom is 0.248 e. The first-order valence-corrected chi connectivity index (χ1v) is 41.9. The number of para-hydroxylation sites is 1. The lowest BCUT2D eigenvalue weighted by Gasteiger charge is -2.36. The number of thiocarbonyl (C=S) groups is 4. The molecule has 0 spiro atoms. The van der Waals surface area contributed by atoms with Crippen LogP contribution in [0.2, 0.25) is 0 Å². The molecule has 622 valence electrons. The van der Waals surface area contributed by atoms with Crippen molar-refractivity contribution in [2.24, 2.45) is 0 Å². The molecule has 4 saturated heterocycles. The molecule has 30 heteroatoms. The molecule has 11 heterocycles. The summed E-state index contributed by atoms with van der Waals surface area (Å²) < 4.78 is 54.4. The first-order chi connectivity index (χ1) is 58.4. The fourth-order valence-electron chi connectivity index (χ4n) is 14.5. The fraction of sp³-hybridized carbons (Fsp3) is 0.348. The number of aromatic nitrogens is 4. The Morgan fingerprint density at radius 3 is 1.28 bits per heavy atom. The van der Waals surface area contributed by atoms with Crippen molar-refractivity contribution >= 4 is 80.2 Å². The van der Waals surface area contributed by atoms with Gasteiger partial charge in [-0.2, -0.15) is 0 Å². The molecule has 3 aromatic heterocycles. The van der Waals surface area contributed by atoms with Crippen LogP contribution in [0.4, 0.5) is 0 Å². The van der Waals surface area contributed by atoms with Crippen molar-refractivity contribution in [1.82, 2.24) is 80.6 Å². The van der Waals surface area contributed by atoms with Crippen molar-refractivity contribution in [3.63, 3.8) is 0 Å². The molecular formula is C89H102N16O10S4. The van der Waals surface area contributed by atoms with Gasteiger partial charge in [-0.1, -0.05) is 85.8 Å². The van der Waals surface area contributed by atoms with E-state index in [0.717, 1.165) is 262 Å². The van der Waals surface area contributed by atoms with Gasteiger partial charge in [0.2, 0.25) is 39.0 Å². The second-order valence-corrected chi connectivity index (χ2v) is 30.7. The number of nitrogens with one attached hydrogen (secondary N) is 4. The molecule has 0 bridgehead atoms. The number of rotatable bonds is 18. The molecule has 0 aliphatic carbocycles. The Labute approximate surface area is 717 Å². The van der Waals surface area contributed by atoms with Gasteiger partial charge in [-0.05, 0) is 180 Å². The first kappa shape index (κ1) is 84.2. The van der Waals surface area contributed by atoms with Gasteiger partial charge in [-0.15, -0.1) is 16.8 Å². The van der Waals surface area contributed by atoms with Crippen LogP contribution in [0.25, 0.3) is 45.1 Å². The van der Waals surface area contributed by atoms with Crippen LogP contribution in [0.1, 0.15) is 41.2 Å². The van der Waals surface area contributed by atoms with Crippen LogP contribution in [0.5, 0.6) is 51.7 Å². The average molecular weight is 1680 g/mol. The zero-order chi connectivity index (χ0) is 82.1. The molecule has 0 unspecified atom stereocenters. The number of benzene rings is 7. The largest absolute Gasteiger partial charge is 0.497 e. The Morgan fingerprint density at radius 1 is 0.429 bits per heavy atom. The number of hydrogen-bond donors (Lipinski definition) is 4. The molecule has 4 fully saturated rings. The van der Waals surface area contributed by atoms with Gasteiger partial charge in [0.05, 0.1) is 23.9 Å². The molecule has 8 aliphatic rings. The van der Waals surface area contributed by atoms with E-state index in [9.17, 15) is 0 Å². The van der Waals surface area contributed by atoms with Gasteiger partial charge in [-0.3, -0.25) is 24.6 Å². The van der Waals surface area contributed by atoms with Gasteiger partial charge in [-0.25, -0.2) is 4.98 Å². The highest BCUT2D eigenvalue weighted by molar-refractivity contribution is 7.80. The van der Waals surface area contributed by atoms with Crippen LogP contribution >= 0.6 is 48.9 Å². The first-order valence-electron chi connectivity index (χ1n) is 40.3. The van der Waals surface area contributed by atoms with Gasteiger partial charge >= 0.3 is 0 Å². The number of hydrogen-bond acceptors (Lipinski definition) is 22. The smallest absolute Gasteiger partial charge is 0.248 e. The quantitative estimate of drug-likeness (QED) is 0.0463. The molecular weight excluding hydrogens is 1580 g/mol. The number of piperazine rings is 4. The second kappa shape index (κ2) is 42.4.